The molecule has 28 heavy (non-hydrogen) atoms. The molecular formula is C21H21N5O2. The molecule has 0 spiro atoms. The van der Waals surface area contributed by atoms with Crippen LogP contribution in [-0.2, 0) is 4.79 Å². The Morgan fingerprint density at radius 1 is 0.821 bits per heavy atom. The van der Waals surface area contributed by atoms with Crippen molar-refractivity contribution < 1.29 is 9.59 Å². The molecule has 3 N–H and O–H groups in total. The Morgan fingerprint density at radius 3 is 2.18 bits per heavy atom. The standard InChI is InChI=1S/C21H21N5O2/c1-13-7-14(2)9-18(8-13)25-20-11-19(22-12-23-20)21(28)26-17-6-4-5-16(10-17)24-15(3)27/h4-12H,1-3H3,(H,24,27)(H,26,28)(H,22,23,25). The third-order valence-electron chi connectivity index (χ3n) is 3.83. The van der Waals surface area contributed by atoms with Gasteiger partial charge in [0.15, 0.2) is 0 Å². The van der Waals surface area contributed by atoms with Crippen LogP contribution in [0.25, 0.3) is 0 Å². The van der Waals surface area contributed by atoms with Crippen molar-refractivity contribution in [2.45, 2.75) is 20.8 Å². The minimum Gasteiger partial charge on any atom is -0.340 e. The summed E-state index contributed by atoms with van der Waals surface area (Å²) >= 11 is 0. The first-order valence-electron chi connectivity index (χ1n) is 8.75. The Bertz CT molecular complexity index is 1010. The molecule has 0 bridgehead atoms. The van der Waals surface area contributed by atoms with Gasteiger partial charge in [0.2, 0.25) is 5.91 Å². The molecule has 0 fully saturated rings. The Morgan fingerprint density at radius 2 is 1.50 bits per heavy atom. The molecule has 0 saturated heterocycles. The molecule has 7 nitrogen and oxygen atoms in total. The summed E-state index contributed by atoms with van der Waals surface area (Å²) in [5.74, 6) is -0.0237. The predicted molar refractivity (Wildman–Crippen MR) is 110 cm³/mol. The number of hydrogen-bond donors (Lipinski definition) is 3. The van der Waals surface area contributed by atoms with Crippen LogP contribution >= 0.6 is 0 Å². The molecule has 0 atom stereocenters. The third kappa shape index (κ3) is 5.14. The van der Waals surface area contributed by atoms with Gasteiger partial charge in [0, 0.05) is 30.1 Å². The smallest absolute Gasteiger partial charge is 0.274 e. The molecule has 2 amide bonds. The molecule has 0 aliphatic rings. The van der Waals surface area contributed by atoms with E-state index in [1.165, 1.54) is 13.3 Å². The van der Waals surface area contributed by atoms with Crippen molar-refractivity contribution in [3.63, 3.8) is 0 Å². The number of anilines is 4. The molecule has 1 heterocycles. The van der Waals surface area contributed by atoms with Crippen molar-refractivity contribution in [3.05, 3.63) is 71.7 Å². The number of nitrogens with zero attached hydrogens (tertiary/aromatic N) is 2. The van der Waals surface area contributed by atoms with E-state index in [0.717, 1.165) is 16.8 Å². The van der Waals surface area contributed by atoms with Crippen LogP contribution in [0.15, 0.2) is 54.9 Å². The molecule has 0 radical (unpaired) electrons. The van der Waals surface area contributed by atoms with E-state index >= 15 is 0 Å². The van der Waals surface area contributed by atoms with Crippen LogP contribution in [0, 0.1) is 13.8 Å². The normalized spacial score (nSPS) is 10.2. The first-order valence-corrected chi connectivity index (χ1v) is 8.75. The van der Waals surface area contributed by atoms with Gasteiger partial charge in [0.25, 0.3) is 5.91 Å². The second-order valence-corrected chi connectivity index (χ2v) is 6.51. The lowest BCUT2D eigenvalue weighted by molar-refractivity contribution is -0.114. The van der Waals surface area contributed by atoms with E-state index in [1.54, 1.807) is 30.3 Å². The maximum atomic E-state index is 12.5. The number of hydrogen-bond acceptors (Lipinski definition) is 5. The lowest BCUT2D eigenvalue weighted by Gasteiger charge is -2.10. The summed E-state index contributed by atoms with van der Waals surface area (Å²) in [5, 5.41) is 8.65. The quantitative estimate of drug-likeness (QED) is 0.625. The average molecular weight is 375 g/mol. The number of amides is 2. The molecule has 2 aromatic carbocycles. The van der Waals surface area contributed by atoms with E-state index in [9.17, 15) is 9.59 Å². The lowest BCUT2D eigenvalue weighted by atomic mass is 10.1. The second kappa shape index (κ2) is 8.30. The summed E-state index contributed by atoms with van der Waals surface area (Å²) in [6.07, 6.45) is 1.34. The van der Waals surface area contributed by atoms with Gasteiger partial charge in [-0.1, -0.05) is 12.1 Å². The van der Waals surface area contributed by atoms with Gasteiger partial charge in [-0.15, -0.1) is 0 Å². The highest BCUT2D eigenvalue weighted by Crippen LogP contribution is 2.19. The SMILES string of the molecule is CC(=O)Nc1cccc(NC(=O)c2cc(Nc3cc(C)cc(C)c3)ncn2)c1. The van der Waals surface area contributed by atoms with Crippen LogP contribution in [0.5, 0.6) is 0 Å². The number of benzene rings is 2. The molecule has 1 aromatic heterocycles. The monoisotopic (exact) mass is 375 g/mol. The summed E-state index contributed by atoms with van der Waals surface area (Å²) in [4.78, 5) is 31.9. The van der Waals surface area contributed by atoms with E-state index < -0.39 is 0 Å². The Balaban J connectivity index is 1.74. The van der Waals surface area contributed by atoms with Gasteiger partial charge in [-0.2, -0.15) is 0 Å². The first kappa shape index (κ1) is 19.0. The maximum absolute atomic E-state index is 12.5. The zero-order valence-corrected chi connectivity index (χ0v) is 15.9. The third-order valence-corrected chi connectivity index (χ3v) is 3.83. The summed E-state index contributed by atoms with van der Waals surface area (Å²) in [6.45, 7) is 5.47. The van der Waals surface area contributed by atoms with E-state index in [0.29, 0.717) is 17.2 Å². The van der Waals surface area contributed by atoms with Crippen LogP contribution in [-0.4, -0.2) is 21.8 Å². The van der Waals surface area contributed by atoms with Gasteiger partial charge >= 0.3 is 0 Å². The zero-order valence-electron chi connectivity index (χ0n) is 15.9. The van der Waals surface area contributed by atoms with Gasteiger partial charge in [0.1, 0.15) is 17.8 Å². The van der Waals surface area contributed by atoms with Crippen molar-refractivity contribution in [3.8, 4) is 0 Å². The van der Waals surface area contributed by atoms with Gasteiger partial charge < -0.3 is 16.0 Å². The Kier molecular flexibility index (Phi) is 5.64. The minimum absolute atomic E-state index is 0.179. The summed E-state index contributed by atoms with van der Waals surface area (Å²) in [6, 6.07) is 14.6. The number of nitrogens with one attached hydrogen (secondary N) is 3. The zero-order chi connectivity index (χ0) is 20.1. The highest BCUT2D eigenvalue weighted by molar-refractivity contribution is 6.03. The van der Waals surface area contributed by atoms with Crippen LogP contribution in [0.2, 0.25) is 0 Å². The van der Waals surface area contributed by atoms with E-state index in [4.69, 9.17) is 0 Å². The molecular weight excluding hydrogens is 354 g/mol. The minimum atomic E-state index is -0.370. The van der Waals surface area contributed by atoms with Gasteiger partial charge in [-0.05, 0) is 55.3 Å². The molecule has 0 saturated carbocycles. The van der Waals surface area contributed by atoms with Gasteiger partial charge in [-0.3, -0.25) is 9.59 Å². The molecule has 142 valence electrons. The predicted octanol–water partition coefficient (Wildman–Crippen LogP) is 4.05. The summed E-state index contributed by atoms with van der Waals surface area (Å²) in [7, 11) is 0. The van der Waals surface area contributed by atoms with E-state index in [-0.39, 0.29) is 17.5 Å². The number of carbonyl (C=O) groups is 2. The van der Waals surface area contributed by atoms with E-state index in [2.05, 4.69) is 32.0 Å². The van der Waals surface area contributed by atoms with Crippen LogP contribution < -0.4 is 16.0 Å². The number of carbonyl (C=O) groups excluding carboxylic acids is 2. The lowest BCUT2D eigenvalue weighted by Crippen LogP contribution is -2.14. The van der Waals surface area contributed by atoms with Crippen LogP contribution in [0.4, 0.5) is 22.9 Å². The first-order chi connectivity index (χ1) is 13.4. The summed E-state index contributed by atoms with van der Waals surface area (Å²) in [5.41, 5.74) is 4.54. The highest BCUT2D eigenvalue weighted by atomic mass is 16.2. The average Bonchev–Trinajstić information content (AvgIpc) is 2.61. The number of aryl methyl sites for hydroxylation is 2. The molecule has 3 rings (SSSR count). The van der Waals surface area contributed by atoms with Crippen LogP contribution in [0.3, 0.4) is 0 Å². The van der Waals surface area contributed by atoms with Gasteiger partial charge in [0.05, 0.1) is 0 Å². The Labute approximate surface area is 163 Å². The molecule has 0 unspecified atom stereocenters. The van der Waals surface area contributed by atoms with Gasteiger partial charge in [-0.25, -0.2) is 9.97 Å². The number of aromatic nitrogens is 2. The second-order valence-electron chi connectivity index (χ2n) is 6.51. The largest absolute Gasteiger partial charge is 0.340 e. The molecule has 0 aliphatic heterocycles. The topological polar surface area (TPSA) is 96.0 Å². The fourth-order valence-corrected chi connectivity index (χ4v) is 2.82. The number of rotatable bonds is 5. The molecule has 7 heteroatoms. The molecule has 3 aromatic rings. The van der Waals surface area contributed by atoms with Crippen molar-refractivity contribution in [1.82, 2.24) is 9.97 Å². The van der Waals surface area contributed by atoms with Crippen molar-refractivity contribution in [1.29, 1.82) is 0 Å². The highest BCUT2D eigenvalue weighted by Gasteiger charge is 2.10. The Hall–Kier alpha value is -3.74. The maximum Gasteiger partial charge on any atom is 0.274 e. The van der Waals surface area contributed by atoms with Crippen molar-refractivity contribution in [2.24, 2.45) is 0 Å². The summed E-state index contributed by atoms with van der Waals surface area (Å²) < 4.78 is 0. The fourth-order valence-electron chi connectivity index (χ4n) is 2.82. The fraction of sp³-hybridized carbons (Fsp3) is 0.143. The van der Waals surface area contributed by atoms with Crippen LogP contribution in [0.1, 0.15) is 28.5 Å². The van der Waals surface area contributed by atoms with E-state index in [1.807, 2.05) is 26.0 Å². The van der Waals surface area contributed by atoms with Crippen molar-refractivity contribution >= 4 is 34.7 Å². The molecule has 0 aliphatic carbocycles. The van der Waals surface area contributed by atoms with Crippen molar-refractivity contribution in [2.75, 3.05) is 16.0 Å².